The van der Waals surface area contributed by atoms with E-state index >= 15 is 0 Å². The summed E-state index contributed by atoms with van der Waals surface area (Å²) in [6.45, 7) is -2.13. The summed E-state index contributed by atoms with van der Waals surface area (Å²) in [5.74, 6) is -0.559. The lowest BCUT2D eigenvalue weighted by Gasteiger charge is -2.28. The maximum Gasteiger partial charge on any atom is 0.406 e. The molecule has 1 amide bonds. The minimum Gasteiger partial charge on any atom is -0.395 e. The van der Waals surface area contributed by atoms with Crippen LogP contribution in [0.15, 0.2) is 28.7 Å². The van der Waals surface area contributed by atoms with Gasteiger partial charge in [0.05, 0.1) is 12.0 Å². The first-order valence-corrected chi connectivity index (χ1v) is 7.31. The van der Waals surface area contributed by atoms with Crippen LogP contribution in [0.25, 0.3) is 0 Å². The first-order chi connectivity index (χ1) is 9.78. The number of hydrogen-bond donors (Lipinski definition) is 1. The minimum absolute atomic E-state index is 0.309. The van der Waals surface area contributed by atoms with E-state index in [1.54, 1.807) is 24.3 Å². The Bertz CT molecular complexity index is 512. The third-order valence-corrected chi connectivity index (χ3v) is 4.11. The maximum absolute atomic E-state index is 12.6. The molecule has 0 aliphatic heterocycles. The van der Waals surface area contributed by atoms with Gasteiger partial charge in [-0.2, -0.15) is 13.2 Å². The highest BCUT2D eigenvalue weighted by Crippen LogP contribution is 2.50. The second-order valence-electron chi connectivity index (χ2n) is 5.15. The summed E-state index contributed by atoms with van der Waals surface area (Å²) in [7, 11) is 0. The molecule has 0 spiro atoms. The van der Waals surface area contributed by atoms with Crippen LogP contribution >= 0.6 is 15.9 Å². The molecule has 0 atom stereocenters. The fourth-order valence-corrected chi connectivity index (χ4v) is 2.68. The van der Waals surface area contributed by atoms with Crippen molar-refractivity contribution in [3.8, 4) is 0 Å². The van der Waals surface area contributed by atoms with Crippen LogP contribution in [-0.4, -0.2) is 41.8 Å². The van der Waals surface area contributed by atoms with Gasteiger partial charge in [0.1, 0.15) is 6.54 Å². The van der Waals surface area contributed by atoms with Gasteiger partial charge in [0, 0.05) is 11.0 Å². The van der Waals surface area contributed by atoms with E-state index in [0.717, 1.165) is 10.0 Å². The van der Waals surface area contributed by atoms with Crippen molar-refractivity contribution in [1.29, 1.82) is 0 Å². The standard InChI is InChI=1S/C14H15BrF3NO2/c15-11-3-1-10(2-4-11)13(5-6-13)12(21)19(7-8-20)9-14(16,17)18/h1-4,20H,5-9H2. The summed E-state index contributed by atoms with van der Waals surface area (Å²) < 4.78 is 38.6. The highest BCUT2D eigenvalue weighted by molar-refractivity contribution is 9.10. The van der Waals surface area contributed by atoms with Crippen LogP contribution < -0.4 is 0 Å². The van der Waals surface area contributed by atoms with Crippen LogP contribution in [0.4, 0.5) is 13.2 Å². The number of hydrogen-bond acceptors (Lipinski definition) is 2. The van der Waals surface area contributed by atoms with E-state index in [9.17, 15) is 18.0 Å². The normalized spacial score (nSPS) is 16.6. The quantitative estimate of drug-likeness (QED) is 0.871. The zero-order valence-corrected chi connectivity index (χ0v) is 12.7. The number of halogens is 4. The lowest BCUT2D eigenvalue weighted by Crippen LogP contribution is -2.45. The van der Waals surface area contributed by atoms with Crippen LogP contribution in [0.1, 0.15) is 18.4 Å². The number of carbonyl (C=O) groups excluding carboxylic acids is 1. The number of benzene rings is 1. The molecule has 1 aromatic rings. The summed E-state index contributed by atoms with van der Waals surface area (Å²) in [6.07, 6.45) is -3.40. The summed E-state index contributed by atoms with van der Waals surface area (Å²) in [5.41, 5.74) is -0.137. The molecule has 3 nitrogen and oxygen atoms in total. The third kappa shape index (κ3) is 3.77. The van der Waals surface area contributed by atoms with Gasteiger partial charge >= 0.3 is 6.18 Å². The van der Waals surface area contributed by atoms with E-state index in [2.05, 4.69) is 15.9 Å². The van der Waals surface area contributed by atoms with Gasteiger partial charge in [-0.1, -0.05) is 28.1 Å². The Morgan fingerprint density at radius 3 is 2.29 bits per heavy atom. The Kier molecular flexibility index (Phi) is 4.63. The van der Waals surface area contributed by atoms with Gasteiger partial charge < -0.3 is 10.0 Å². The van der Waals surface area contributed by atoms with Gasteiger partial charge in [-0.15, -0.1) is 0 Å². The van der Waals surface area contributed by atoms with Crippen molar-refractivity contribution in [3.05, 3.63) is 34.3 Å². The van der Waals surface area contributed by atoms with Crippen LogP contribution in [-0.2, 0) is 10.2 Å². The number of nitrogens with zero attached hydrogens (tertiary/aromatic N) is 1. The molecule has 116 valence electrons. The molecule has 1 aromatic carbocycles. The number of aliphatic hydroxyl groups is 1. The van der Waals surface area contributed by atoms with E-state index in [-0.39, 0.29) is 6.54 Å². The average molecular weight is 366 g/mol. The number of carbonyl (C=O) groups is 1. The van der Waals surface area contributed by atoms with Gasteiger partial charge in [0.15, 0.2) is 0 Å². The molecule has 21 heavy (non-hydrogen) atoms. The topological polar surface area (TPSA) is 40.5 Å². The van der Waals surface area contributed by atoms with Crippen molar-refractivity contribution >= 4 is 21.8 Å². The lowest BCUT2D eigenvalue weighted by atomic mass is 9.94. The molecule has 0 heterocycles. The largest absolute Gasteiger partial charge is 0.406 e. The second-order valence-corrected chi connectivity index (χ2v) is 6.07. The molecule has 7 heteroatoms. The van der Waals surface area contributed by atoms with Gasteiger partial charge in [-0.25, -0.2) is 0 Å². The predicted octanol–water partition coefficient (Wildman–Crippen LogP) is 2.86. The third-order valence-electron chi connectivity index (χ3n) is 3.58. The summed E-state index contributed by atoms with van der Waals surface area (Å²) >= 11 is 3.29. The first-order valence-electron chi connectivity index (χ1n) is 6.51. The number of rotatable bonds is 5. The van der Waals surface area contributed by atoms with Crippen LogP contribution in [0.3, 0.4) is 0 Å². The molecular formula is C14H15BrF3NO2. The predicted molar refractivity (Wildman–Crippen MR) is 74.8 cm³/mol. The van der Waals surface area contributed by atoms with Gasteiger partial charge in [-0.05, 0) is 30.5 Å². The van der Waals surface area contributed by atoms with Crippen LogP contribution in [0.5, 0.6) is 0 Å². The van der Waals surface area contributed by atoms with Crippen molar-refractivity contribution in [2.75, 3.05) is 19.7 Å². The van der Waals surface area contributed by atoms with E-state index < -0.39 is 30.7 Å². The van der Waals surface area contributed by atoms with E-state index in [0.29, 0.717) is 17.7 Å². The smallest absolute Gasteiger partial charge is 0.395 e. The lowest BCUT2D eigenvalue weighted by molar-refractivity contribution is -0.163. The molecule has 2 rings (SSSR count). The molecule has 0 unspecified atom stereocenters. The van der Waals surface area contributed by atoms with E-state index in [1.165, 1.54) is 0 Å². The highest BCUT2D eigenvalue weighted by atomic mass is 79.9. The Hall–Kier alpha value is -1.08. The number of amides is 1. The average Bonchev–Trinajstić information content (AvgIpc) is 3.18. The summed E-state index contributed by atoms with van der Waals surface area (Å²) in [4.78, 5) is 13.2. The van der Waals surface area contributed by atoms with Crippen molar-refractivity contribution in [2.24, 2.45) is 0 Å². The van der Waals surface area contributed by atoms with Crippen molar-refractivity contribution < 1.29 is 23.1 Å². The fraction of sp³-hybridized carbons (Fsp3) is 0.500. The van der Waals surface area contributed by atoms with Crippen molar-refractivity contribution in [1.82, 2.24) is 4.90 Å². The van der Waals surface area contributed by atoms with Crippen molar-refractivity contribution in [2.45, 2.75) is 24.4 Å². The van der Waals surface area contributed by atoms with Gasteiger partial charge in [0.2, 0.25) is 5.91 Å². The molecule has 1 saturated carbocycles. The molecule has 1 aliphatic carbocycles. The monoisotopic (exact) mass is 365 g/mol. The SMILES string of the molecule is O=C(N(CCO)CC(F)(F)F)C1(c2ccc(Br)cc2)CC1. The van der Waals surface area contributed by atoms with Crippen molar-refractivity contribution in [3.63, 3.8) is 0 Å². The number of aliphatic hydroxyl groups excluding tert-OH is 1. The highest BCUT2D eigenvalue weighted by Gasteiger charge is 2.53. The van der Waals surface area contributed by atoms with Crippen LogP contribution in [0, 0.1) is 0 Å². The Balaban J connectivity index is 2.21. The molecule has 1 N–H and O–H groups in total. The minimum atomic E-state index is -4.47. The molecule has 1 aliphatic rings. The van der Waals surface area contributed by atoms with Gasteiger partial charge in [0.25, 0.3) is 0 Å². The summed E-state index contributed by atoms with van der Waals surface area (Å²) in [6, 6.07) is 7.03. The molecule has 0 radical (unpaired) electrons. The zero-order valence-electron chi connectivity index (χ0n) is 11.2. The van der Waals surface area contributed by atoms with E-state index in [1.807, 2.05) is 0 Å². The molecule has 1 fully saturated rings. The zero-order chi connectivity index (χ0) is 15.7. The first kappa shape index (κ1) is 16.3. The second kappa shape index (κ2) is 5.96. The Morgan fingerprint density at radius 1 is 1.29 bits per heavy atom. The van der Waals surface area contributed by atoms with Gasteiger partial charge in [-0.3, -0.25) is 4.79 Å². The Labute approximate surface area is 128 Å². The van der Waals surface area contributed by atoms with Crippen LogP contribution in [0.2, 0.25) is 0 Å². The molecular weight excluding hydrogens is 351 g/mol. The van der Waals surface area contributed by atoms with E-state index in [4.69, 9.17) is 5.11 Å². The molecule has 0 bridgehead atoms. The molecule has 0 aromatic heterocycles. The maximum atomic E-state index is 12.6. The summed E-state index contributed by atoms with van der Waals surface area (Å²) in [5, 5.41) is 8.91. The molecule has 0 saturated heterocycles. The number of alkyl halides is 3. The Morgan fingerprint density at radius 2 is 1.86 bits per heavy atom. The fourth-order valence-electron chi connectivity index (χ4n) is 2.41.